The van der Waals surface area contributed by atoms with Crippen LogP contribution < -0.4 is 0 Å². The zero-order valence-electron chi connectivity index (χ0n) is 11.1. The van der Waals surface area contributed by atoms with Crippen molar-refractivity contribution in [1.29, 1.82) is 5.26 Å². The molecule has 0 aromatic heterocycles. The molecule has 2 nitrogen and oxygen atoms in total. The summed E-state index contributed by atoms with van der Waals surface area (Å²) in [5, 5.41) is 8.89. The summed E-state index contributed by atoms with van der Waals surface area (Å²) in [6, 6.07) is 17.1. The van der Waals surface area contributed by atoms with Crippen molar-refractivity contribution in [3.8, 4) is 17.2 Å². The smallest absolute Gasteiger partial charge is 0.165 e. The lowest BCUT2D eigenvalue weighted by molar-refractivity contribution is 0.0939. The zero-order valence-corrected chi connectivity index (χ0v) is 11.1. The Morgan fingerprint density at radius 1 is 1.05 bits per heavy atom. The predicted molar refractivity (Wildman–Crippen MR) is 75.8 cm³/mol. The standard InChI is InChI=1S/C17H15NO/c1-12(2)17(19)15-8-6-14(7-9-15)16-5-3-4-13(10-16)11-18/h3-10,12H,1-2H3. The Balaban J connectivity index is 2.32. The molecular formula is C17H15NO. The first kappa shape index (κ1) is 13.0. The first-order chi connectivity index (χ1) is 9.11. The van der Waals surface area contributed by atoms with Gasteiger partial charge < -0.3 is 0 Å². The fraction of sp³-hybridized carbons (Fsp3) is 0.176. The van der Waals surface area contributed by atoms with Crippen molar-refractivity contribution >= 4 is 5.78 Å². The van der Waals surface area contributed by atoms with Crippen molar-refractivity contribution in [3.63, 3.8) is 0 Å². The van der Waals surface area contributed by atoms with Gasteiger partial charge in [-0.15, -0.1) is 0 Å². The molecule has 94 valence electrons. The summed E-state index contributed by atoms with van der Waals surface area (Å²) in [6.07, 6.45) is 0. The second-order valence-corrected chi connectivity index (χ2v) is 4.79. The summed E-state index contributed by atoms with van der Waals surface area (Å²) in [5.41, 5.74) is 3.37. The van der Waals surface area contributed by atoms with E-state index in [9.17, 15) is 4.79 Å². The second-order valence-electron chi connectivity index (χ2n) is 4.79. The molecule has 0 saturated heterocycles. The van der Waals surface area contributed by atoms with Gasteiger partial charge in [-0.3, -0.25) is 4.79 Å². The van der Waals surface area contributed by atoms with Gasteiger partial charge in [0.15, 0.2) is 5.78 Å². The number of ketones is 1. The number of nitrogens with zero attached hydrogens (tertiary/aromatic N) is 1. The van der Waals surface area contributed by atoms with E-state index in [0.29, 0.717) is 5.56 Å². The second kappa shape index (κ2) is 5.49. The molecule has 19 heavy (non-hydrogen) atoms. The molecule has 0 saturated carbocycles. The van der Waals surface area contributed by atoms with Crippen LogP contribution >= 0.6 is 0 Å². The zero-order chi connectivity index (χ0) is 13.8. The van der Waals surface area contributed by atoms with Crippen LogP contribution in [0.1, 0.15) is 29.8 Å². The first-order valence-electron chi connectivity index (χ1n) is 6.26. The van der Waals surface area contributed by atoms with Gasteiger partial charge in [-0.2, -0.15) is 5.26 Å². The van der Waals surface area contributed by atoms with Crippen molar-refractivity contribution in [2.45, 2.75) is 13.8 Å². The van der Waals surface area contributed by atoms with Gasteiger partial charge in [0.1, 0.15) is 0 Å². The molecule has 0 radical (unpaired) electrons. The van der Waals surface area contributed by atoms with Crippen LogP contribution in [0.15, 0.2) is 48.5 Å². The van der Waals surface area contributed by atoms with E-state index in [1.807, 2.05) is 56.3 Å². The molecule has 0 N–H and O–H groups in total. The molecule has 0 aliphatic carbocycles. The van der Waals surface area contributed by atoms with E-state index in [2.05, 4.69) is 6.07 Å². The highest BCUT2D eigenvalue weighted by Crippen LogP contribution is 2.21. The van der Waals surface area contributed by atoms with Crippen LogP contribution in [0, 0.1) is 17.2 Å². The highest BCUT2D eigenvalue weighted by Gasteiger charge is 2.10. The maximum atomic E-state index is 11.8. The van der Waals surface area contributed by atoms with Crippen LogP contribution in [-0.4, -0.2) is 5.78 Å². The summed E-state index contributed by atoms with van der Waals surface area (Å²) < 4.78 is 0. The van der Waals surface area contributed by atoms with Gasteiger partial charge in [0.25, 0.3) is 0 Å². The lowest BCUT2D eigenvalue weighted by Gasteiger charge is -2.06. The van der Waals surface area contributed by atoms with Crippen LogP contribution in [0.4, 0.5) is 0 Å². The number of nitriles is 1. The van der Waals surface area contributed by atoms with Crippen LogP contribution in [0.2, 0.25) is 0 Å². The van der Waals surface area contributed by atoms with E-state index in [4.69, 9.17) is 5.26 Å². The topological polar surface area (TPSA) is 40.9 Å². The number of hydrogen-bond acceptors (Lipinski definition) is 2. The minimum absolute atomic E-state index is 0.00719. The van der Waals surface area contributed by atoms with E-state index in [-0.39, 0.29) is 11.7 Å². The third-order valence-corrected chi connectivity index (χ3v) is 3.02. The predicted octanol–water partition coefficient (Wildman–Crippen LogP) is 4.06. The summed E-state index contributed by atoms with van der Waals surface area (Å²) in [4.78, 5) is 11.8. The van der Waals surface area contributed by atoms with Crippen molar-refractivity contribution in [1.82, 2.24) is 0 Å². The Hall–Kier alpha value is -2.40. The van der Waals surface area contributed by atoms with Crippen LogP contribution in [0.25, 0.3) is 11.1 Å². The van der Waals surface area contributed by atoms with Gasteiger partial charge in [0.05, 0.1) is 11.6 Å². The van der Waals surface area contributed by atoms with Gasteiger partial charge >= 0.3 is 0 Å². The molecule has 0 aliphatic rings. The highest BCUT2D eigenvalue weighted by molar-refractivity contribution is 5.97. The van der Waals surface area contributed by atoms with Crippen molar-refractivity contribution in [2.24, 2.45) is 5.92 Å². The van der Waals surface area contributed by atoms with E-state index in [0.717, 1.165) is 16.7 Å². The number of carbonyl (C=O) groups is 1. The molecule has 2 rings (SSSR count). The molecule has 0 spiro atoms. The van der Waals surface area contributed by atoms with Crippen LogP contribution in [0.5, 0.6) is 0 Å². The van der Waals surface area contributed by atoms with Gasteiger partial charge in [0.2, 0.25) is 0 Å². The summed E-state index contributed by atoms with van der Waals surface area (Å²) in [6.45, 7) is 3.79. The van der Waals surface area contributed by atoms with Crippen LogP contribution in [-0.2, 0) is 0 Å². The Morgan fingerprint density at radius 2 is 1.74 bits per heavy atom. The minimum Gasteiger partial charge on any atom is -0.294 e. The third kappa shape index (κ3) is 2.89. The van der Waals surface area contributed by atoms with E-state index in [1.165, 1.54) is 0 Å². The fourth-order valence-corrected chi connectivity index (χ4v) is 1.93. The Bertz CT molecular complexity index is 633. The maximum absolute atomic E-state index is 11.8. The van der Waals surface area contributed by atoms with E-state index in [1.54, 1.807) is 6.07 Å². The molecular weight excluding hydrogens is 234 g/mol. The number of rotatable bonds is 3. The molecule has 2 heteroatoms. The van der Waals surface area contributed by atoms with Gasteiger partial charge in [-0.05, 0) is 23.3 Å². The molecule has 0 bridgehead atoms. The average Bonchev–Trinajstić information content (AvgIpc) is 2.46. The lowest BCUT2D eigenvalue weighted by atomic mass is 9.97. The van der Waals surface area contributed by atoms with Crippen molar-refractivity contribution < 1.29 is 4.79 Å². The Labute approximate surface area is 113 Å². The lowest BCUT2D eigenvalue weighted by Crippen LogP contribution is -2.06. The third-order valence-electron chi connectivity index (χ3n) is 3.02. The molecule has 0 atom stereocenters. The normalized spacial score (nSPS) is 10.2. The molecule has 0 aliphatic heterocycles. The average molecular weight is 249 g/mol. The summed E-state index contributed by atoms with van der Waals surface area (Å²) in [5.74, 6) is 0.157. The Kier molecular flexibility index (Phi) is 3.77. The fourth-order valence-electron chi connectivity index (χ4n) is 1.93. The first-order valence-corrected chi connectivity index (χ1v) is 6.26. The maximum Gasteiger partial charge on any atom is 0.165 e. The highest BCUT2D eigenvalue weighted by atomic mass is 16.1. The number of Topliss-reactive ketones (excluding diaryl/α,β-unsaturated/α-hetero) is 1. The van der Waals surface area contributed by atoms with Gasteiger partial charge in [-0.1, -0.05) is 50.2 Å². The minimum atomic E-state index is 0.00719. The van der Waals surface area contributed by atoms with Crippen molar-refractivity contribution in [3.05, 3.63) is 59.7 Å². The van der Waals surface area contributed by atoms with E-state index >= 15 is 0 Å². The number of carbonyl (C=O) groups excluding carboxylic acids is 1. The molecule has 2 aromatic carbocycles. The summed E-state index contributed by atoms with van der Waals surface area (Å²) >= 11 is 0. The SMILES string of the molecule is CC(C)C(=O)c1ccc(-c2cccc(C#N)c2)cc1. The van der Waals surface area contributed by atoms with E-state index < -0.39 is 0 Å². The van der Waals surface area contributed by atoms with Crippen molar-refractivity contribution in [2.75, 3.05) is 0 Å². The number of hydrogen-bond donors (Lipinski definition) is 0. The number of benzene rings is 2. The molecule has 0 amide bonds. The molecule has 0 heterocycles. The quantitative estimate of drug-likeness (QED) is 0.769. The van der Waals surface area contributed by atoms with Gasteiger partial charge in [-0.25, -0.2) is 0 Å². The van der Waals surface area contributed by atoms with Gasteiger partial charge in [0, 0.05) is 11.5 Å². The molecule has 0 fully saturated rings. The molecule has 2 aromatic rings. The monoisotopic (exact) mass is 249 g/mol. The molecule has 0 unspecified atom stereocenters. The summed E-state index contributed by atoms with van der Waals surface area (Å²) in [7, 11) is 0. The largest absolute Gasteiger partial charge is 0.294 e. The van der Waals surface area contributed by atoms with Crippen LogP contribution in [0.3, 0.4) is 0 Å². The Morgan fingerprint density at radius 3 is 2.32 bits per heavy atom.